The number of nitrogens with two attached hydrogens (primary N) is 1. The SMILES string of the molecule is Cl.Cl.NC1COCCC1NC1CCC1. The first kappa shape index (κ1) is 14.5. The van der Waals surface area contributed by atoms with E-state index in [0.717, 1.165) is 25.7 Å². The van der Waals surface area contributed by atoms with Gasteiger partial charge in [-0.3, -0.25) is 0 Å². The van der Waals surface area contributed by atoms with Crippen LogP contribution < -0.4 is 11.1 Å². The Balaban J connectivity index is 0.000000845. The fraction of sp³-hybridized carbons (Fsp3) is 1.00. The summed E-state index contributed by atoms with van der Waals surface area (Å²) >= 11 is 0. The lowest BCUT2D eigenvalue weighted by atomic mass is 9.91. The quantitative estimate of drug-likeness (QED) is 0.763. The first-order valence-electron chi connectivity index (χ1n) is 4.95. The van der Waals surface area contributed by atoms with Gasteiger partial charge >= 0.3 is 0 Å². The summed E-state index contributed by atoms with van der Waals surface area (Å²) < 4.78 is 5.28. The predicted octanol–water partition coefficient (Wildman–Crippen LogP) is 1.09. The molecule has 1 saturated heterocycles. The topological polar surface area (TPSA) is 47.3 Å². The van der Waals surface area contributed by atoms with Crippen LogP contribution in [0.1, 0.15) is 25.7 Å². The average molecular weight is 243 g/mol. The Morgan fingerprint density at radius 3 is 2.36 bits per heavy atom. The number of hydrogen-bond acceptors (Lipinski definition) is 3. The van der Waals surface area contributed by atoms with Gasteiger partial charge in [0, 0.05) is 24.7 Å². The molecule has 1 heterocycles. The van der Waals surface area contributed by atoms with Gasteiger partial charge in [0.1, 0.15) is 0 Å². The molecule has 2 unspecified atom stereocenters. The Labute approximate surface area is 98.0 Å². The summed E-state index contributed by atoms with van der Waals surface area (Å²) in [4.78, 5) is 0. The number of hydrogen-bond donors (Lipinski definition) is 2. The highest BCUT2D eigenvalue weighted by atomic mass is 35.5. The van der Waals surface area contributed by atoms with Gasteiger partial charge in [-0.05, 0) is 19.3 Å². The molecular weight excluding hydrogens is 223 g/mol. The van der Waals surface area contributed by atoms with Crippen LogP contribution in [0.2, 0.25) is 0 Å². The predicted molar refractivity (Wildman–Crippen MR) is 62.5 cm³/mol. The van der Waals surface area contributed by atoms with Crippen molar-refractivity contribution in [3.63, 3.8) is 0 Å². The molecular formula is C9H20Cl2N2O. The zero-order valence-corrected chi connectivity index (χ0v) is 9.91. The van der Waals surface area contributed by atoms with Crippen molar-refractivity contribution in [3.05, 3.63) is 0 Å². The van der Waals surface area contributed by atoms with E-state index in [0.29, 0.717) is 6.04 Å². The molecule has 0 aromatic heterocycles. The fourth-order valence-corrected chi connectivity index (χ4v) is 1.84. The van der Waals surface area contributed by atoms with Gasteiger partial charge in [0.15, 0.2) is 0 Å². The Morgan fingerprint density at radius 2 is 1.86 bits per heavy atom. The molecule has 3 N–H and O–H groups in total. The van der Waals surface area contributed by atoms with E-state index in [9.17, 15) is 0 Å². The van der Waals surface area contributed by atoms with Crippen LogP contribution in [0.25, 0.3) is 0 Å². The van der Waals surface area contributed by atoms with E-state index in [1.54, 1.807) is 0 Å². The Bertz CT molecular complexity index is 156. The van der Waals surface area contributed by atoms with E-state index >= 15 is 0 Å². The molecule has 86 valence electrons. The molecule has 14 heavy (non-hydrogen) atoms. The minimum Gasteiger partial charge on any atom is -0.380 e. The van der Waals surface area contributed by atoms with Gasteiger partial charge < -0.3 is 15.8 Å². The van der Waals surface area contributed by atoms with E-state index in [1.165, 1.54) is 19.3 Å². The number of rotatable bonds is 2. The summed E-state index contributed by atoms with van der Waals surface area (Å²) in [6, 6.07) is 1.46. The van der Waals surface area contributed by atoms with Gasteiger partial charge in [0.25, 0.3) is 0 Å². The third kappa shape index (κ3) is 3.55. The van der Waals surface area contributed by atoms with Crippen LogP contribution in [0.15, 0.2) is 0 Å². The van der Waals surface area contributed by atoms with Crippen LogP contribution in [0.3, 0.4) is 0 Å². The Morgan fingerprint density at radius 1 is 1.14 bits per heavy atom. The maximum absolute atomic E-state index is 5.92. The smallest absolute Gasteiger partial charge is 0.0632 e. The van der Waals surface area contributed by atoms with Crippen LogP contribution >= 0.6 is 24.8 Å². The third-order valence-electron chi connectivity index (χ3n) is 2.96. The minimum atomic E-state index is 0. The van der Waals surface area contributed by atoms with Gasteiger partial charge in [-0.2, -0.15) is 0 Å². The molecule has 0 amide bonds. The third-order valence-corrected chi connectivity index (χ3v) is 2.96. The number of nitrogens with one attached hydrogen (secondary N) is 1. The molecule has 2 atom stereocenters. The molecule has 2 rings (SSSR count). The molecule has 5 heteroatoms. The second-order valence-electron chi connectivity index (χ2n) is 3.93. The Kier molecular flexibility index (Phi) is 7.08. The molecule has 3 nitrogen and oxygen atoms in total. The second kappa shape index (κ2) is 6.85. The number of ether oxygens (including phenoxy) is 1. The lowest BCUT2D eigenvalue weighted by Crippen LogP contribution is -2.55. The van der Waals surface area contributed by atoms with E-state index < -0.39 is 0 Å². The van der Waals surface area contributed by atoms with Gasteiger partial charge in [-0.25, -0.2) is 0 Å². The molecule has 0 radical (unpaired) electrons. The maximum atomic E-state index is 5.92. The largest absolute Gasteiger partial charge is 0.380 e. The normalized spacial score (nSPS) is 32.4. The monoisotopic (exact) mass is 242 g/mol. The molecule has 0 aromatic carbocycles. The van der Waals surface area contributed by atoms with Crippen LogP contribution in [0, 0.1) is 0 Å². The number of halogens is 2. The molecule has 2 aliphatic rings. The van der Waals surface area contributed by atoms with Gasteiger partial charge in [0.2, 0.25) is 0 Å². The van der Waals surface area contributed by atoms with Crippen LogP contribution in [-0.2, 0) is 4.74 Å². The maximum Gasteiger partial charge on any atom is 0.0632 e. The van der Waals surface area contributed by atoms with Crippen molar-refractivity contribution in [2.75, 3.05) is 13.2 Å². The Hall–Kier alpha value is 0.460. The molecule has 0 spiro atoms. The van der Waals surface area contributed by atoms with Crippen molar-refractivity contribution in [1.82, 2.24) is 5.32 Å². The van der Waals surface area contributed by atoms with Crippen molar-refractivity contribution in [1.29, 1.82) is 0 Å². The second-order valence-corrected chi connectivity index (χ2v) is 3.93. The van der Waals surface area contributed by atoms with Crippen molar-refractivity contribution in [2.45, 2.75) is 43.8 Å². The van der Waals surface area contributed by atoms with Crippen molar-refractivity contribution < 1.29 is 4.74 Å². The fourth-order valence-electron chi connectivity index (χ4n) is 1.84. The molecule has 2 fully saturated rings. The van der Waals surface area contributed by atoms with Crippen molar-refractivity contribution in [2.24, 2.45) is 5.73 Å². The van der Waals surface area contributed by atoms with Gasteiger partial charge in [-0.1, -0.05) is 6.42 Å². The lowest BCUT2D eigenvalue weighted by molar-refractivity contribution is 0.0552. The first-order chi connectivity index (χ1) is 5.86. The van der Waals surface area contributed by atoms with E-state index in [4.69, 9.17) is 10.5 Å². The average Bonchev–Trinajstić information content (AvgIpc) is 2.00. The van der Waals surface area contributed by atoms with E-state index in [1.807, 2.05) is 0 Å². The standard InChI is InChI=1S/C9H18N2O.2ClH/c10-8-6-12-5-4-9(8)11-7-2-1-3-7;;/h7-9,11H,1-6,10H2;2*1H. The first-order valence-corrected chi connectivity index (χ1v) is 4.95. The van der Waals surface area contributed by atoms with Crippen LogP contribution in [0.4, 0.5) is 0 Å². The van der Waals surface area contributed by atoms with Crippen molar-refractivity contribution in [3.8, 4) is 0 Å². The highest BCUT2D eigenvalue weighted by Gasteiger charge is 2.26. The summed E-state index contributed by atoms with van der Waals surface area (Å²) in [7, 11) is 0. The highest BCUT2D eigenvalue weighted by Crippen LogP contribution is 2.20. The summed E-state index contributed by atoms with van der Waals surface area (Å²) in [6.07, 6.45) is 5.14. The summed E-state index contributed by atoms with van der Waals surface area (Å²) in [5, 5.41) is 3.60. The van der Waals surface area contributed by atoms with Gasteiger partial charge in [0.05, 0.1) is 6.61 Å². The minimum absolute atomic E-state index is 0. The zero-order chi connectivity index (χ0) is 8.39. The summed E-state index contributed by atoms with van der Waals surface area (Å²) in [6.45, 7) is 1.60. The molecule has 1 aliphatic heterocycles. The zero-order valence-electron chi connectivity index (χ0n) is 8.28. The summed E-state index contributed by atoms with van der Waals surface area (Å²) in [5.41, 5.74) is 5.92. The molecule has 1 aliphatic carbocycles. The lowest BCUT2D eigenvalue weighted by Gasteiger charge is -2.36. The van der Waals surface area contributed by atoms with E-state index in [-0.39, 0.29) is 30.9 Å². The van der Waals surface area contributed by atoms with Gasteiger partial charge in [-0.15, -0.1) is 24.8 Å². The highest BCUT2D eigenvalue weighted by molar-refractivity contribution is 5.85. The van der Waals surface area contributed by atoms with Crippen molar-refractivity contribution >= 4 is 24.8 Å². The van der Waals surface area contributed by atoms with Crippen LogP contribution in [-0.4, -0.2) is 31.3 Å². The molecule has 1 saturated carbocycles. The molecule has 0 bridgehead atoms. The van der Waals surface area contributed by atoms with E-state index in [2.05, 4.69) is 5.32 Å². The van der Waals surface area contributed by atoms with Crippen LogP contribution in [0.5, 0.6) is 0 Å². The summed E-state index contributed by atoms with van der Waals surface area (Å²) in [5.74, 6) is 0. The molecule has 0 aromatic rings.